The Morgan fingerprint density at radius 1 is 1.44 bits per heavy atom. The van der Waals surface area contributed by atoms with Crippen LogP contribution in [-0.4, -0.2) is 20.5 Å². The highest BCUT2D eigenvalue weighted by Gasteiger charge is 2.18. The van der Waals surface area contributed by atoms with Crippen LogP contribution in [0, 0.1) is 5.82 Å². The molecule has 88 valence electrons. The lowest BCUT2D eigenvalue weighted by atomic mass is 10.1. The number of hydrogen-bond donors (Lipinski definition) is 0. The van der Waals surface area contributed by atoms with E-state index >= 15 is 0 Å². The normalized spacial score (nSPS) is 10.0. The van der Waals surface area contributed by atoms with E-state index in [1.807, 2.05) is 0 Å². The third-order valence-electron chi connectivity index (χ3n) is 2.17. The number of rotatable bonds is 5. The molecule has 5 heteroatoms. The van der Waals surface area contributed by atoms with Gasteiger partial charge in [-0.1, -0.05) is 0 Å². The summed E-state index contributed by atoms with van der Waals surface area (Å²) < 4.78 is 24.3. The van der Waals surface area contributed by atoms with Crippen LogP contribution in [-0.2, 0) is 11.2 Å². The predicted molar refractivity (Wildman–Crippen MR) is 61.6 cm³/mol. The fourth-order valence-corrected chi connectivity index (χ4v) is 1.89. The van der Waals surface area contributed by atoms with Crippen molar-refractivity contribution in [1.82, 2.24) is 0 Å². The van der Waals surface area contributed by atoms with Crippen LogP contribution in [0.4, 0.5) is 4.39 Å². The highest BCUT2D eigenvalue weighted by atomic mass is 79.9. The number of carbonyl (C=O) groups is 1. The van der Waals surface area contributed by atoms with Gasteiger partial charge >= 0.3 is 0 Å². The van der Waals surface area contributed by atoms with E-state index in [0.717, 1.165) is 6.29 Å². The van der Waals surface area contributed by atoms with E-state index < -0.39 is 5.82 Å². The molecule has 16 heavy (non-hydrogen) atoms. The van der Waals surface area contributed by atoms with Gasteiger partial charge in [0.25, 0.3) is 0 Å². The maximum absolute atomic E-state index is 13.8. The number of ether oxygens (including phenoxy) is 2. The van der Waals surface area contributed by atoms with E-state index in [4.69, 9.17) is 9.47 Å². The average molecular weight is 291 g/mol. The number of aldehydes is 1. The van der Waals surface area contributed by atoms with Crippen LogP contribution in [0.5, 0.6) is 11.5 Å². The van der Waals surface area contributed by atoms with Gasteiger partial charge in [-0.25, -0.2) is 4.39 Å². The molecule has 0 radical (unpaired) electrons. The Bertz CT molecular complexity index is 393. The van der Waals surface area contributed by atoms with E-state index in [-0.39, 0.29) is 12.8 Å². The molecule has 0 heterocycles. The van der Waals surface area contributed by atoms with Gasteiger partial charge in [-0.15, -0.1) is 0 Å². The number of carbonyl (C=O) groups excluding carboxylic acids is 1. The van der Waals surface area contributed by atoms with E-state index in [1.165, 1.54) is 20.3 Å². The number of halogens is 2. The first-order valence-electron chi connectivity index (χ1n) is 4.68. The largest absolute Gasteiger partial charge is 0.493 e. The van der Waals surface area contributed by atoms with Gasteiger partial charge in [0, 0.05) is 18.1 Å². The monoisotopic (exact) mass is 290 g/mol. The van der Waals surface area contributed by atoms with E-state index in [9.17, 15) is 9.18 Å². The van der Waals surface area contributed by atoms with Crippen LogP contribution >= 0.6 is 15.9 Å². The SMILES string of the molecule is COc1cc(Br)c(F)c(CCC=O)c1OC. The fourth-order valence-electron chi connectivity index (χ4n) is 1.44. The summed E-state index contributed by atoms with van der Waals surface area (Å²) in [7, 11) is 2.92. The molecule has 1 rings (SSSR count). The second kappa shape index (κ2) is 5.84. The molecule has 0 spiro atoms. The lowest BCUT2D eigenvalue weighted by Gasteiger charge is -2.14. The molecule has 1 aromatic rings. The zero-order chi connectivity index (χ0) is 12.1. The average Bonchev–Trinajstić information content (AvgIpc) is 2.30. The topological polar surface area (TPSA) is 35.5 Å². The van der Waals surface area contributed by atoms with E-state index in [1.54, 1.807) is 0 Å². The fraction of sp³-hybridized carbons (Fsp3) is 0.364. The van der Waals surface area contributed by atoms with Crippen LogP contribution in [0.25, 0.3) is 0 Å². The Hall–Kier alpha value is -1.10. The zero-order valence-electron chi connectivity index (χ0n) is 9.05. The number of benzene rings is 1. The molecular weight excluding hydrogens is 279 g/mol. The first-order valence-corrected chi connectivity index (χ1v) is 5.47. The summed E-state index contributed by atoms with van der Waals surface area (Å²) in [5, 5.41) is 0. The van der Waals surface area contributed by atoms with Gasteiger partial charge in [0.1, 0.15) is 12.1 Å². The van der Waals surface area contributed by atoms with Crippen LogP contribution in [0.3, 0.4) is 0 Å². The zero-order valence-corrected chi connectivity index (χ0v) is 10.6. The lowest BCUT2D eigenvalue weighted by molar-refractivity contribution is -0.107. The Morgan fingerprint density at radius 3 is 2.62 bits per heavy atom. The van der Waals surface area contributed by atoms with Crippen molar-refractivity contribution in [3.8, 4) is 11.5 Å². The molecule has 0 saturated heterocycles. The summed E-state index contributed by atoms with van der Waals surface area (Å²) in [6.45, 7) is 0. The van der Waals surface area contributed by atoms with Crippen molar-refractivity contribution in [2.45, 2.75) is 12.8 Å². The molecule has 0 saturated carbocycles. The van der Waals surface area contributed by atoms with Crippen LogP contribution in [0.15, 0.2) is 10.5 Å². The quantitative estimate of drug-likeness (QED) is 0.782. The number of hydrogen-bond acceptors (Lipinski definition) is 3. The van der Waals surface area contributed by atoms with Crippen molar-refractivity contribution < 1.29 is 18.7 Å². The highest BCUT2D eigenvalue weighted by molar-refractivity contribution is 9.10. The molecule has 0 aliphatic carbocycles. The molecule has 1 aromatic carbocycles. The molecule has 0 unspecified atom stereocenters. The number of methoxy groups -OCH3 is 2. The summed E-state index contributed by atoms with van der Waals surface area (Å²) in [5.41, 5.74) is 0.348. The van der Waals surface area contributed by atoms with E-state index in [2.05, 4.69) is 15.9 Å². The molecular formula is C11H12BrFO3. The summed E-state index contributed by atoms with van der Waals surface area (Å²) in [5.74, 6) is 0.362. The molecule has 0 aliphatic heterocycles. The minimum atomic E-state index is -0.417. The summed E-state index contributed by atoms with van der Waals surface area (Å²) >= 11 is 3.09. The smallest absolute Gasteiger partial charge is 0.166 e. The minimum absolute atomic E-state index is 0.243. The van der Waals surface area contributed by atoms with Crippen molar-refractivity contribution in [2.75, 3.05) is 14.2 Å². The van der Waals surface area contributed by atoms with Gasteiger partial charge in [-0.3, -0.25) is 0 Å². The van der Waals surface area contributed by atoms with Crippen molar-refractivity contribution in [2.24, 2.45) is 0 Å². The highest BCUT2D eigenvalue weighted by Crippen LogP contribution is 2.37. The first-order chi connectivity index (χ1) is 7.65. The molecule has 0 amide bonds. The Kier molecular flexibility index (Phi) is 4.73. The molecule has 0 atom stereocenters. The van der Waals surface area contributed by atoms with Crippen LogP contribution < -0.4 is 9.47 Å². The summed E-state index contributed by atoms with van der Waals surface area (Å²) in [6, 6.07) is 1.50. The third-order valence-corrected chi connectivity index (χ3v) is 2.74. The second-order valence-electron chi connectivity index (χ2n) is 3.09. The molecule has 0 aromatic heterocycles. The first kappa shape index (κ1) is 13.0. The van der Waals surface area contributed by atoms with Crippen molar-refractivity contribution in [1.29, 1.82) is 0 Å². The standard InChI is InChI=1S/C11H12BrFO3/c1-15-9-6-8(12)10(13)7(4-3-5-14)11(9)16-2/h5-6H,3-4H2,1-2H3. The van der Waals surface area contributed by atoms with Crippen LogP contribution in [0.2, 0.25) is 0 Å². The maximum atomic E-state index is 13.8. The minimum Gasteiger partial charge on any atom is -0.493 e. The predicted octanol–water partition coefficient (Wildman–Crippen LogP) is 2.74. The third kappa shape index (κ3) is 2.52. The van der Waals surface area contributed by atoms with Gasteiger partial charge in [-0.2, -0.15) is 0 Å². The molecule has 0 fully saturated rings. The molecule has 0 bridgehead atoms. The van der Waals surface area contributed by atoms with Crippen LogP contribution in [0.1, 0.15) is 12.0 Å². The van der Waals surface area contributed by atoms with Crippen molar-refractivity contribution in [3.05, 3.63) is 21.9 Å². The Morgan fingerprint density at radius 2 is 2.12 bits per heavy atom. The van der Waals surface area contributed by atoms with Gasteiger partial charge in [0.2, 0.25) is 0 Å². The van der Waals surface area contributed by atoms with E-state index in [0.29, 0.717) is 21.5 Å². The van der Waals surface area contributed by atoms with Gasteiger partial charge in [-0.05, 0) is 22.4 Å². The van der Waals surface area contributed by atoms with Gasteiger partial charge < -0.3 is 14.3 Å². The van der Waals surface area contributed by atoms with Gasteiger partial charge in [0.15, 0.2) is 11.5 Å². The Balaban J connectivity index is 3.28. The van der Waals surface area contributed by atoms with Gasteiger partial charge in [0.05, 0.1) is 18.7 Å². The Labute approximate surface area is 102 Å². The lowest BCUT2D eigenvalue weighted by Crippen LogP contribution is -2.01. The molecule has 0 N–H and O–H groups in total. The summed E-state index contributed by atoms with van der Waals surface area (Å²) in [6.07, 6.45) is 1.27. The van der Waals surface area contributed by atoms with Crippen molar-refractivity contribution in [3.63, 3.8) is 0 Å². The molecule has 3 nitrogen and oxygen atoms in total. The summed E-state index contributed by atoms with van der Waals surface area (Å²) in [4.78, 5) is 10.3. The molecule has 0 aliphatic rings. The maximum Gasteiger partial charge on any atom is 0.166 e. The van der Waals surface area contributed by atoms with Crippen molar-refractivity contribution >= 4 is 22.2 Å². The second-order valence-corrected chi connectivity index (χ2v) is 3.95.